The monoisotopic (exact) mass is 442 g/mol. The van der Waals surface area contributed by atoms with Crippen LogP contribution in [0.2, 0.25) is 0 Å². The van der Waals surface area contributed by atoms with Crippen LogP contribution in [-0.2, 0) is 0 Å². The van der Waals surface area contributed by atoms with Gasteiger partial charge in [-0.25, -0.2) is 0 Å². The van der Waals surface area contributed by atoms with Crippen molar-refractivity contribution in [2.75, 3.05) is 11.2 Å². The number of pyridine rings is 1. The van der Waals surface area contributed by atoms with Gasteiger partial charge in [-0.3, -0.25) is 4.98 Å². The molecule has 3 heteroatoms. The number of hydrogen-bond donors (Lipinski definition) is 0. The standard InChI is InChI=1S/C30H22N2S/c1-33-23-10-8-9-21(19-23)28-20-22(17-18-31-28)32-29-15-6-4-13-26(29)24-11-2-3-12-25(24)27-14-5-7-16-30(27)32/h2-20H,1H3. The predicted molar refractivity (Wildman–Crippen MR) is 141 cm³/mol. The van der Waals surface area contributed by atoms with Crippen LogP contribution in [0.1, 0.15) is 0 Å². The second-order valence-corrected chi connectivity index (χ2v) is 8.93. The van der Waals surface area contributed by atoms with Crippen LogP contribution in [0.4, 0.5) is 17.1 Å². The molecule has 0 saturated carbocycles. The lowest BCUT2D eigenvalue weighted by Gasteiger charge is -2.27. The summed E-state index contributed by atoms with van der Waals surface area (Å²) < 4.78 is 0. The second kappa shape index (κ2) is 8.27. The van der Waals surface area contributed by atoms with E-state index in [1.165, 1.54) is 38.5 Å². The highest BCUT2D eigenvalue weighted by Crippen LogP contribution is 2.50. The van der Waals surface area contributed by atoms with Gasteiger partial charge in [0.15, 0.2) is 0 Å². The molecule has 33 heavy (non-hydrogen) atoms. The molecule has 0 atom stereocenters. The Morgan fingerprint density at radius 2 is 1.21 bits per heavy atom. The Bertz CT molecular complexity index is 1410. The third kappa shape index (κ3) is 3.42. The molecule has 0 aliphatic carbocycles. The van der Waals surface area contributed by atoms with E-state index in [1.807, 2.05) is 6.20 Å². The van der Waals surface area contributed by atoms with Crippen molar-refractivity contribution in [2.24, 2.45) is 0 Å². The zero-order valence-corrected chi connectivity index (χ0v) is 19.1. The Balaban J connectivity index is 1.60. The first kappa shape index (κ1) is 19.8. The minimum absolute atomic E-state index is 0.972. The molecule has 6 rings (SSSR count). The van der Waals surface area contributed by atoms with E-state index in [0.29, 0.717) is 0 Å². The van der Waals surface area contributed by atoms with Crippen LogP contribution in [0.25, 0.3) is 33.5 Å². The molecule has 1 aromatic heterocycles. The molecule has 158 valence electrons. The minimum atomic E-state index is 0.972. The fraction of sp³-hybridized carbons (Fsp3) is 0.0333. The van der Waals surface area contributed by atoms with Gasteiger partial charge >= 0.3 is 0 Å². The highest BCUT2D eigenvalue weighted by Gasteiger charge is 2.25. The van der Waals surface area contributed by atoms with E-state index in [2.05, 4.69) is 120 Å². The molecule has 0 amide bonds. The summed E-state index contributed by atoms with van der Waals surface area (Å²) in [5.41, 5.74) is 10.5. The molecule has 2 heterocycles. The van der Waals surface area contributed by atoms with Crippen molar-refractivity contribution >= 4 is 28.8 Å². The van der Waals surface area contributed by atoms with Gasteiger partial charge in [0.25, 0.3) is 0 Å². The number of benzene rings is 4. The lowest BCUT2D eigenvalue weighted by atomic mass is 9.95. The lowest BCUT2D eigenvalue weighted by Crippen LogP contribution is -2.11. The molecule has 1 aliphatic heterocycles. The summed E-state index contributed by atoms with van der Waals surface area (Å²) in [5, 5.41) is 0. The normalized spacial score (nSPS) is 11.8. The molecule has 5 aromatic rings. The average molecular weight is 443 g/mol. The third-order valence-corrected chi connectivity index (χ3v) is 6.89. The van der Waals surface area contributed by atoms with Crippen molar-refractivity contribution in [3.8, 4) is 33.5 Å². The van der Waals surface area contributed by atoms with Gasteiger partial charge in [0.1, 0.15) is 0 Å². The zero-order valence-electron chi connectivity index (χ0n) is 18.3. The number of aromatic nitrogens is 1. The molecule has 0 fully saturated rings. The summed E-state index contributed by atoms with van der Waals surface area (Å²) in [7, 11) is 0. The second-order valence-electron chi connectivity index (χ2n) is 8.05. The molecular weight excluding hydrogens is 420 g/mol. The van der Waals surface area contributed by atoms with Crippen molar-refractivity contribution < 1.29 is 0 Å². The van der Waals surface area contributed by atoms with Crippen LogP contribution in [0.3, 0.4) is 0 Å². The number of nitrogens with zero attached hydrogens (tertiary/aromatic N) is 2. The van der Waals surface area contributed by atoms with Crippen LogP contribution in [0.5, 0.6) is 0 Å². The van der Waals surface area contributed by atoms with Gasteiger partial charge in [0, 0.05) is 33.5 Å². The topological polar surface area (TPSA) is 16.1 Å². The van der Waals surface area contributed by atoms with Crippen molar-refractivity contribution in [2.45, 2.75) is 4.90 Å². The largest absolute Gasteiger partial charge is 0.309 e. The summed E-state index contributed by atoms with van der Waals surface area (Å²) in [4.78, 5) is 8.32. The predicted octanol–water partition coefficient (Wildman–Crippen LogP) is 8.59. The van der Waals surface area contributed by atoms with E-state index in [4.69, 9.17) is 4.98 Å². The maximum Gasteiger partial charge on any atom is 0.0723 e. The molecule has 2 nitrogen and oxygen atoms in total. The van der Waals surface area contributed by atoms with Gasteiger partial charge in [-0.05, 0) is 53.8 Å². The van der Waals surface area contributed by atoms with Crippen LogP contribution in [0.15, 0.2) is 120 Å². The summed E-state index contributed by atoms with van der Waals surface area (Å²) in [6.07, 6.45) is 4.02. The van der Waals surface area contributed by atoms with Gasteiger partial charge in [-0.1, -0.05) is 72.8 Å². The van der Waals surface area contributed by atoms with E-state index in [9.17, 15) is 0 Å². The van der Waals surface area contributed by atoms with Crippen molar-refractivity contribution in [3.05, 3.63) is 115 Å². The molecule has 0 radical (unpaired) electrons. The van der Waals surface area contributed by atoms with Gasteiger partial charge in [-0.2, -0.15) is 0 Å². The maximum atomic E-state index is 4.72. The lowest BCUT2D eigenvalue weighted by molar-refractivity contribution is 1.25. The smallest absolute Gasteiger partial charge is 0.0723 e. The van der Waals surface area contributed by atoms with E-state index in [1.54, 1.807) is 11.8 Å². The summed E-state index contributed by atoms with van der Waals surface area (Å²) >= 11 is 1.75. The zero-order chi connectivity index (χ0) is 22.2. The Morgan fingerprint density at radius 3 is 1.85 bits per heavy atom. The molecular formula is C30H22N2S. The number of thioether (sulfide) groups is 1. The van der Waals surface area contributed by atoms with Crippen molar-refractivity contribution in [1.29, 1.82) is 0 Å². The summed E-state index contributed by atoms with van der Waals surface area (Å²) in [6, 6.07) is 38.9. The van der Waals surface area contributed by atoms with E-state index in [0.717, 1.165) is 16.9 Å². The van der Waals surface area contributed by atoms with Crippen LogP contribution in [-0.4, -0.2) is 11.2 Å². The van der Waals surface area contributed by atoms with Crippen LogP contribution in [0, 0.1) is 0 Å². The minimum Gasteiger partial charge on any atom is -0.309 e. The number of para-hydroxylation sites is 2. The fourth-order valence-electron chi connectivity index (χ4n) is 4.65. The first-order valence-electron chi connectivity index (χ1n) is 11.0. The average Bonchev–Trinajstić information content (AvgIpc) is 3.02. The summed E-state index contributed by atoms with van der Waals surface area (Å²) in [6.45, 7) is 0. The molecule has 0 spiro atoms. The quantitative estimate of drug-likeness (QED) is 0.255. The Hall–Kier alpha value is -3.82. The first-order valence-corrected chi connectivity index (χ1v) is 12.2. The fourth-order valence-corrected chi connectivity index (χ4v) is 5.11. The maximum absolute atomic E-state index is 4.72. The Labute approximate surface area is 198 Å². The van der Waals surface area contributed by atoms with Gasteiger partial charge in [0.2, 0.25) is 0 Å². The number of anilines is 3. The third-order valence-electron chi connectivity index (χ3n) is 6.16. The number of fused-ring (bicyclic) bond motifs is 5. The van der Waals surface area contributed by atoms with Crippen LogP contribution >= 0.6 is 11.8 Å². The number of rotatable bonds is 3. The van der Waals surface area contributed by atoms with E-state index < -0.39 is 0 Å². The molecule has 0 unspecified atom stereocenters. The van der Waals surface area contributed by atoms with Gasteiger partial charge in [-0.15, -0.1) is 11.8 Å². The van der Waals surface area contributed by atoms with Gasteiger partial charge in [0.05, 0.1) is 17.1 Å². The van der Waals surface area contributed by atoms with E-state index >= 15 is 0 Å². The Morgan fingerprint density at radius 1 is 0.606 bits per heavy atom. The first-order chi connectivity index (χ1) is 16.3. The van der Waals surface area contributed by atoms with Crippen molar-refractivity contribution in [1.82, 2.24) is 4.98 Å². The van der Waals surface area contributed by atoms with Crippen LogP contribution < -0.4 is 4.90 Å². The molecule has 0 bridgehead atoms. The summed E-state index contributed by atoms with van der Waals surface area (Å²) in [5.74, 6) is 0. The van der Waals surface area contributed by atoms with Crippen molar-refractivity contribution in [3.63, 3.8) is 0 Å². The Kier molecular flexibility index (Phi) is 4.97. The molecule has 1 aliphatic rings. The molecule has 4 aromatic carbocycles. The SMILES string of the molecule is CSc1cccc(-c2cc(N3c4ccccc4-c4ccccc4-c4ccccc43)ccn2)c1. The van der Waals surface area contributed by atoms with Gasteiger partial charge < -0.3 is 4.90 Å². The number of hydrogen-bond acceptors (Lipinski definition) is 3. The molecule has 0 saturated heterocycles. The highest BCUT2D eigenvalue weighted by atomic mass is 32.2. The van der Waals surface area contributed by atoms with E-state index in [-0.39, 0.29) is 0 Å². The highest BCUT2D eigenvalue weighted by molar-refractivity contribution is 7.98. The molecule has 0 N–H and O–H groups in total.